The van der Waals surface area contributed by atoms with Gasteiger partial charge in [0, 0.05) is 42.7 Å². The van der Waals surface area contributed by atoms with Crippen LogP contribution in [0, 0.1) is 0 Å². The summed E-state index contributed by atoms with van der Waals surface area (Å²) in [7, 11) is 0. The average Bonchev–Trinajstić information content (AvgIpc) is 3.15. The molecule has 0 aliphatic carbocycles. The van der Waals surface area contributed by atoms with Crippen molar-refractivity contribution in [3.8, 4) is 0 Å². The fourth-order valence-corrected chi connectivity index (χ4v) is 3.85. The Morgan fingerprint density at radius 3 is 2.42 bits per heavy atom. The number of carbonyl (C=O) groups excluding carboxylic acids is 2. The molecule has 5 nitrogen and oxygen atoms in total. The van der Waals surface area contributed by atoms with E-state index in [2.05, 4.69) is 0 Å². The molecule has 2 amide bonds. The summed E-state index contributed by atoms with van der Waals surface area (Å²) in [5, 5.41) is 0.692. The van der Waals surface area contributed by atoms with Crippen molar-refractivity contribution in [2.24, 2.45) is 0 Å². The summed E-state index contributed by atoms with van der Waals surface area (Å²) in [6, 6.07) is 7.48. The molecule has 2 heterocycles. The van der Waals surface area contributed by atoms with Crippen molar-refractivity contribution in [2.45, 2.75) is 23.8 Å². The molecule has 0 saturated carbocycles. The van der Waals surface area contributed by atoms with E-state index in [0.717, 1.165) is 17.7 Å². The van der Waals surface area contributed by atoms with Crippen LogP contribution in [0.15, 0.2) is 29.2 Å². The second-order valence-corrected chi connectivity index (χ2v) is 7.44. The summed E-state index contributed by atoms with van der Waals surface area (Å²) in [4.78, 5) is 29.3. The molecule has 2 aliphatic rings. The Hall–Kier alpha value is -1.24. The third-order valence-corrected chi connectivity index (χ3v) is 5.57. The van der Waals surface area contributed by atoms with E-state index in [0.29, 0.717) is 43.6 Å². The number of amides is 2. The van der Waals surface area contributed by atoms with Crippen LogP contribution in [0.5, 0.6) is 0 Å². The van der Waals surface area contributed by atoms with Crippen LogP contribution in [0.3, 0.4) is 0 Å². The van der Waals surface area contributed by atoms with Crippen molar-refractivity contribution < 1.29 is 14.3 Å². The number of nitrogens with zero attached hydrogens (tertiary/aromatic N) is 2. The maximum Gasteiger partial charge on any atom is 0.251 e. The van der Waals surface area contributed by atoms with Crippen LogP contribution in [-0.2, 0) is 14.3 Å². The predicted octanol–water partition coefficient (Wildman–Crippen LogP) is 2.28. The number of hydrogen-bond donors (Lipinski definition) is 0. The van der Waals surface area contributed by atoms with Crippen LogP contribution in [-0.4, -0.2) is 66.3 Å². The highest BCUT2D eigenvalue weighted by Gasteiger charge is 2.31. The first kappa shape index (κ1) is 17.6. The lowest BCUT2D eigenvalue weighted by atomic mass is 10.2. The van der Waals surface area contributed by atoms with Crippen molar-refractivity contribution in [1.29, 1.82) is 0 Å². The van der Waals surface area contributed by atoms with Gasteiger partial charge in [-0.3, -0.25) is 9.59 Å². The third-order valence-electron chi connectivity index (χ3n) is 4.33. The normalized spacial score (nSPS) is 21.1. The molecule has 2 aliphatic heterocycles. The van der Waals surface area contributed by atoms with E-state index in [1.54, 1.807) is 0 Å². The van der Waals surface area contributed by atoms with Crippen LogP contribution in [0.25, 0.3) is 0 Å². The van der Waals surface area contributed by atoms with E-state index in [1.165, 1.54) is 11.8 Å². The van der Waals surface area contributed by atoms with E-state index in [1.807, 2.05) is 34.1 Å². The molecule has 0 aromatic heterocycles. The number of hydrogen-bond acceptors (Lipinski definition) is 4. The lowest BCUT2D eigenvalue weighted by molar-refractivity contribution is -0.145. The molecule has 2 saturated heterocycles. The van der Waals surface area contributed by atoms with E-state index >= 15 is 0 Å². The lowest BCUT2D eigenvalue weighted by Gasteiger charge is -2.35. The highest BCUT2D eigenvalue weighted by molar-refractivity contribution is 8.00. The van der Waals surface area contributed by atoms with Crippen molar-refractivity contribution in [3.63, 3.8) is 0 Å². The molecule has 3 rings (SSSR count). The van der Waals surface area contributed by atoms with Crippen LogP contribution >= 0.6 is 23.4 Å². The minimum atomic E-state index is -0.271. The Labute approximate surface area is 151 Å². The first-order valence-electron chi connectivity index (χ1n) is 8.20. The van der Waals surface area contributed by atoms with Crippen molar-refractivity contribution in [2.75, 3.05) is 38.5 Å². The van der Waals surface area contributed by atoms with Crippen LogP contribution in [0.2, 0.25) is 5.02 Å². The highest BCUT2D eigenvalue weighted by atomic mass is 35.5. The maximum atomic E-state index is 12.3. The molecule has 1 unspecified atom stereocenters. The quantitative estimate of drug-likeness (QED) is 0.765. The number of halogens is 1. The number of thioether (sulfide) groups is 1. The Morgan fingerprint density at radius 1 is 1.12 bits per heavy atom. The van der Waals surface area contributed by atoms with Crippen molar-refractivity contribution in [1.82, 2.24) is 9.80 Å². The number of benzene rings is 1. The van der Waals surface area contributed by atoms with Gasteiger partial charge < -0.3 is 14.5 Å². The fraction of sp³-hybridized carbons (Fsp3) is 0.529. The molecule has 1 atom stereocenters. The van der Waals surface area contributed by atoms with Gasteiger partial charge in [0.05, 0.1) is 5.75 Å². The number of rotatable bonds is 4. The van der Waals surface area contributed by atoms with E-state index in [9.17, 15) is 9.59 Å². The van der Waals surface area contributed by atoms with E-state index in [-0.39, 0.29) is 17.9 Å². The first-order chi connectivity index (χ1) is 11.6. The smallest absolute Gasteiger partial charge is 0.251 e. The zero-order valence-corrected chi connectivity index (χ0v) is 15.0. The highest BCUT2D eigenvalue weighted by Crippen LogP contribution is 2.21. The van der Waals surface area contributed by atoms with Gasteiger partial charge in [-0.15, -0.1) is 11.8 Å². The summed E-state index contributed by atoms with van der Waals surface area (Å²) in [6.45, 7) is 3.06. The summed E-state index contributed by atoms with van der Waals surface area (Å²) in [5.41, 5.74) is 0. The van der Waals surface area contributed by atoms with Gasteiger partial charge in [0.25, 0.3) is 5.91 Å². The predicted molar refractivity (Wildman–Crippen MR) is 94.3 cm³/mol. The molecule has 1 aromatic carbocycles. The lowest BCUT2D eigenvalue weighted by Crippen LogP contribution is -2.53. The Morgan fingerprint density at radius 2 is 1.79 bits per heavy atom. The molecule has 1 aromatic rings. The molecular weight excluding hydrogens is 348 g/mol. The monoisotopic (exact) mass is 368 g/mol. The minimum Gasteiger partial charge on any atom is -0.368 e. The molecule has 0 spiro atoms. The van der Waals surface area contributed by atoms with Crippen LogP contribution < -0.4 is 0 Å². The maximum absolute atomic E-state index is 12.3. The van der Waals surface area contributed by atoms with Crippen molar-refractivity contribution >= 4 is 35.2 Å². The molecule has 2 fully saturated rings. The summed E-state index contributed by atoms with van der Waals surface area (Å²) in [5.74, 6) is 0.593. The Balaban J connectivity index is 1.43. The van der Waals surface area contributed by atoms with Crippen LogP contribution in [0.4, 0.5) is 0 Å². The van der Waals surface area contributed by atoms with Gasteiger partial charge in [0.2, 0.25) is 5.91 Å². The van der Waals surface area contributed by atoms with Gasteiger partial charge in [0.1, 0.15) is 6.10 Å². The van der Waals surface area contributed by atoms with Crippen molar-refractivity contribution in [3.05, 3.63) is 29.3 Å². The third kappa shape index (κ3) is 4.43. The Bertz CT molecular complexity index is 582. The molecule has 0 N–H and O–H groups in total. The van der Waals surface area contributed by atoms with Gasteiger partial charge in [-0.05, 0) is 37.1 Å². The minimum absolute atomic E-state index is 0.0788. The molecule has 0 radical (unpaired) electrons. The zero-order chi connectivity index (χ0) is 16.9. The second-order valence-electron chi connectivity index (χ2n) is 5.95. The van der Waals surface area contributed by atoms with Gasteiger partial charge in [0.15, 0.2) is 0 Å². The number of ether oxygens (including phenoxy) is 1. The van der Waals surface area contributed by atoms with Gasteiger partial charge in [-0.25, -0.2) is 0 Å². The SMILES string of the molecule is O=C(CSc1ccc(Cl)cc1)N1CCN(C(=O)C2CCCO2)CC1. The molecule has 24 heavy (non-hydrogen) atoms. The van der Waals surface area contributed by atoms with Gasteiger partial charge in [-0.2, -0.15) is 0 Å². The fourth-order valence-electron chi connectivity index (χ4n) is 2.92. The zero-order valence-electron chi connectivity index (χ0n) is 13.4. The average molecular weight is 369 g/mol. The topological polar surface area (TPSA) is 49.9 Å². The largest absolute Gasteiger partial charge is 0.368 e. The van der Waals surface area contributed by atoms with E-state index < -0.39 is 0 Å². The van der Waals surface area contributed by atoms with E-state index in [4.69, 9.17) is 16.3 Å². The molecule has 0 bridgehead atoms. The Kier molecular flexibility index (Phi) is 6.03. The number of carbonyl (C=O) groups is 2. The summed E-state index contributed by atoms with van der Waals surface area (Å²) in [6.07, 6.45) is 1.50. The molecule has 7 heteroatoms. The molecular formula is C17H21ClN2O3S. The second kappa shape index (κ2) is 8.23. The first-order valence-corrected chi connectivity index (χ1v) is 9.56. The standard InChI is InChI=1S/C17H21ClN2O3S/c18-13-3-5-14(6-4-13)24-12-16(21)19-7-9-20(10-8-19)17(22)15-2-1-11-23-15/h3-6,15H,1-2,7-12H2. The van der Waals surface area contributed by atoms with Crippen LogP contribution in [0.1, 0.15) is 12.8 Å². The summed E-state index contributed by atoms with van der Waals surface area (Å²) >= 11 is 7.36. The molecule has 130 valence electrons. The van der Waals surface area contributed by atoms with Gasteiger partial charge >= 0.3 is 0 Å². The summed E-state index contributed by atoms with van der Waals surface area (Å²) < 4.78 is 5.45. The number of piperazine rings is 1. The van der Waals surface area contributed by atoms with Gasteiger partial charge in [-0.1, -0.05) is 11.6 Å².